The first-order chi connectivity index (χ1) is 5.22. The topological polar surface area (TPSA) is 26.0 Å². The highest BCUT2D eigenvalue weighted by Gasteiger charge is 2.21. The van der Waals surface area contributed by atoms with Gasteiger partial charge in [0.25, 0.3) is 0 Å². The lowest BCUT2D eigenvalue weighted by molar-refractivity contribution is 0.239. The summed E-state index contributed by atoms with van der Waals surface area (Å²) >= 11 is 0. The zero-order valence-electron chi connectivity index (χ0n) is 7.84. The minimum Gasteiger partial charge on any atom is -0.328 e. The van der Waals surface area contributed by atoms with Crippen LogP contribution >= 0.6 is 0 Å². The van der Waals surface area contributed by atoms with Gasteiger partial charge in [-0.25, -0.2) is 0 Å². The average molecular weight is 155 g/mol. The fourth-order valence-electron chi connectivity index (χ4n) is 2.09. The van der Waals surface area contributed by atoms with Crippen LogP contribution < -0.4 is 5.73 Å². The summed E-state index contributed by atoms with van der Waals surface area (Å²) in [6.07, 6.45) is 7.15. The van der Waals surface area contributed by atoms with E-state index in [1.165, 1.54) is 32.1 Å². The molecule has 0 aromatic rings. The van der Waals surface area contributed by atoms with Crippen LogP contribution in [0.2, 0.25) is 0 Å². The maximum atomic E-state index is 5.87. The van der Waals surface area contributed by atoms with Gasteiger partial charge in [-0.1, -0.05) is 39.0 Å². The van der Waals surface area contributed by atoms with Gasteiger partial charge in [0.2, 0.25) is 0 Å². The molecule has 1 rings (SSSR count). The van der Waals surface area contributed by atoms with Gasteiger partial charge < -0.3 is 5.73 Å². The Bertz CT molecular complexity index is 103. The Kier molecular flexibility index (Phi) is 3.38. The van der Waals surface area contributed by atoms with Crippen molar-refractivity contribution in [3.63, 3.8) is 0 Å². The van der Waals surface area contributed by atoms with E-state index < -0.39 is 0 Å². The van der Waals surface area contributed by atoms with E-state index >= 15 is 0 Å². The van der Waals surface area contributed by atoms with Crippen molar-refractivity contribution in [2.45, 2.75) is 52.0 Å². The van der Waals surface area contributed by atoms with Crippen LogP contribution in [-0.4, -0.2) is 6.04 Å². The third-order valence-corrected chi connectivity index (χ3v) is 3.22. The maximum Gasteiger partial charge on any atom is 0.00387 e. The summed E-state index contributed by atoms with van der Waals surface area (Å²) in [5.41, 5.74) is 5.87. The minimum absolute atomic E-state index is 0.387. The molecule has 11 heavy (non-hydrogen) atoms. The summed E-state index contributed by atoms with van der Waals surface area (Å²) in [5, 5.41) is 0. The van der Waals surface area contributed by atoms with E-state index in [0.717, 1.165) is 11.8 Å². The summed E-state index contributed by atoms with van der Waals surface area (Å²) in [7, 11) is 0. The molecule has 1 aliphatic carbocycles. The summed E-state index contributed by atoms with van der Waals surface area (Å²) in [6.45, 7) is 4.44. The van der Waals surface area contributed by atoms with Crippen molar-refractivity contribution < 1.29 is 0 Å². The van der Waals surface area contributed by atoms with Gasteiger partial charge in [-0.2, -0.15) is 0 Å². The van der Waals surface area contributed by atoms with Crippen molar-refractivity contribution in [1.29, 1.82) is 0 Å². The van der Waals surface area contributed by atoms with E-state index in [2.05, 4.69) is 13.8 Å². The number of rotatable bonds is 2. The van der Waals surface area contributed by atoms with Crippen LogP contribution in [0.3, 0.4) is 0 Å². The molecule has 0 amide bonds. The lowest BCUT2D eigenvalue weighted by atomic mass is 9.78. The first-order valence-corrected chi connectivity index (χ1v) is 4.97. The maximum absolute atomic E-state index is 5.87. The molecule has 1 nitrogen and oxygen atoms in total. The zero-order chi connectivity index (χ0) is 8.27. The van der Waals surface area contributed by atoms with Crippen molar-refractivity contribution in [2.75, 3.05) is 0 Å². The number of hydrogen-bond donors (Lipinski definition) is 1. The highest BCUT2D eigenvalue weighted by Crippen LogP contribution is 2.30. The van der Waals surface area contributed by atoms with E-state index in [0.29, 0.717) is 6.04 Å². The van der Waals surface area contributed by atoms with E-state index in [-0.39, 0.29) is 0 Å². The molecule has 0 aromatic carbocycles. The lowest BCUT2D eigenvalue weighted by Gasteiger charge is -2.29. The van der Waals surface area contributed by atoms with Gasteiger partial charge in [0, 0.05) is 6.04 Å². The smallest absolute Gasteiger partial charge is 0.00387 e. The molecule has 0 radical (unpaired) electrons. The molecule has 1 saturated carbocycles. The van der Waals surface area contributed by atoms with Crippen molar-refractivity contribution in [2.24, 2.45) is 17.6 Å². The summed E-state index contributed by atoms with van der Waals surface area (Å²) in [5.74, 6) is 1.65. The Morgan fingerprint density at radius 2 is 1.64 bits per heavy atom. The first kappa shape index (κ1) is 9.05. The summed E-state index contributed by atoms with van der Waals surface area (Å²) < 4.78 is 0. The highest BCUT2D eigenvalue weighted by atomic mass is 14.6. The molecule has 0 saturated heterocycles. The monoisotopic (exact) mass is 155 g/mol. The molecule has 1 unspecified atom stereocenters. The van der Waals surface area contributed by atoms with E-state index in [9.17, 15) is 0 Å². The van der Waals surface area contributed by atoms with Gasteiger partial charge in [0.1, 0.15) is 0 Å². The zero-order valence-corrected chi connectivity index (χ0v) is 7.84. The molecule has 0 spiro atoms. The third kappa shape index (κ3) is 2.48. The second kappa shape index (κ2) is 4.10. The van der Waals surface area contributed by atoms with Crippen molar-refractivity contribution >= 4 is 0 Å². The Morgan fingerprint density at radius 3 is 2.09 bits per heavy atom. The molecule has 1 fully saturated rings. The van der Waals surface area contributed by atoms with E-state index in [4.69, 9.17) is 5.73 Å². The SMILES string of the molecule is CC(C1CCCCC1)[C@H](C)N. The predicted octanol–water partition coefficient (Wildman–Crippen LogP) is 2.55. The van der Waals surface area contributed by atoms with Gasteiger partial charge in [-0.15, -0.1) is 0 Å². The standard InChI is InChI=1S/C10H21N/c1-8(9(2)11)10-6-4-3-5-7-10/h8-10H,3-7,11H2,1-2H3/t8?,9-/m0/s1. The Labute approximate surface area is 70.4 Å². The average Bonchev–Trinajstić information content (AvgIpc) is 2.05. The van der Waals surface area contributed by atoms with Crippen molar-refractivity contribution in [3.05, 3.63) is 0 Å². The van der Waals surface area contributed by atoms with Gasteiger partial charge in [-0.3, -0.25) is 0 Å². The molecule has 2 atom stereocenters. The molecule has 0 aromatic heterocycles. The molecular weight excluding hydrogens is 134 g/mol. The fourth-order valence-corrected chi connectivity index (χ4v) is 2.09. The van der Waals surface area contributed by atoms with Gasteiger partial charge in [-0.05, 0) is 18.8 Å². The van der Waals surface area contributed by atoms with Crippen LogP contribution in [0.25, 0.3) is 0 Å². The minimum atomic E-state index is 0.387. The summed E-state index contributed by atoms with van der Waals surface area (Å²) in [4.78, 5) is 0. The Morgan fingerprint density at radius 1 is 1.09 bits per heavy atom. The Balaban J connectivity index is 2.32. The quantitative estimate of drug-likeness (QED) is 0.651. The molecular formula is C10H21N. The number of nitrogens with two attached hydrogens (primary N) is 1. The van der Waals surface area contributed by atoms with Crippen LogP contribution in [0.5, 0.6) is 0 Å². The molecule has 0 heterocycles. The first-order valence-electron chi connectivity index (χ1n) is 4.97. The molecule has 1 aliphatic rings. The van der Waals surface area contributed by atoms with E-state index in [1.807, 2.05) is 0 Å². The van der Waals surface area contributed by atoms with Crippen LogP contribution in [-0.2, 0) is 0 Å². The molecule has 1 heteroatoms. The second-order valence-electron chi connectivity index (χ2n) is 4.12. The van der Waals surface area contributed by atoms with Crippen LogP contribution in [0.15, 0.2) is 0 Å². The molecule has 0 bridgehead atoms. The lowest BCUT2D eigenvalue weighted by Crippen LogP contribution is -2.31. The largest absolute Gasteiger partial charge is 0.328 e. The van der Waals surface area contributed by atoms with Crippen LogP contribution in [0.1, 0.15) is 46.0 Å². The normalized spacial score (nSPS) is 26.5. The van der Waals surface area contributed by atoms with Gasteiger partial charge in [0.15, 0.2) is 0 Å². The van der Waals surface area contributed by atoms with Crippen LogP contribution in [0.4, 0.5) is 0 Å². The highest BCUT2D eigenvalue weighted by molar-refractivity contribution is 4.75. The predicted molar refractivity (Wildman–Crippen MR) is 49.4 cm³/mol. The van der Waals surface area contributed by atoms with Gasteiger partial charge >= 0.3 is 0 Å². The fraction of sp³-hybridized carbons (Fsp3) is 1.00. The van der Waals surface area contributed by atoms with Crippen molar-refractivity contribution in [1.82, 2.24) is 0 Å². The number of hydrogen-bond acceptors (Lipinski definition) is 1. The second-order valence-corrected chi connectivity index (χ2v) is 4.12. The molecule has 66 valence electrons. The van der Waals surface area contributed by atoms with E-state index in [1.54, 1.807) is 0 Å². The Hall–Kier alpha value is -0.0400. The third-order valence-electron chi connectivity index (χ3n) is 3.22. The molecule has 0 aliphatic heterocycles. The molecule has 2 N–H and O–H groups in total. The van der Waals surface area contributed by atoms with Gasteiger partial charge in [0.05, 0.1) is 0 Å². The summed E-state index contributed by atoms with van der Waals surface area (Å²) in [6, 6.07) is 0.387. The van der Waals surface area contributed by atoms with Crippen LogP contribution in [0, 0.1) is 11.8 Å². The van der Waals surface area contributed by atoms with Crippen molar-refractivity contribution in [3.8, 4) is 0 Å².